The molecule has 9 heteroatoms. The first-order valence-corrected chi connectivity index (χ1v) is 10.6. The fraction of sp³-hybridized carbons (Fsp3) is 0.579. The first-order chi connectivity index (χ1) is 13.3. The molecular formula is C19H22ClFN2O4S. The van der Waals surface area contributed by atoms with Gasteiger partial charge in [-0.3, -0.25) is 9.59 Å². The van der Waals surface area contributed by atoms with E-state index in [2.05, 4.69) is 10.6 Å². The van der Waals surface area contributed by atoms with E-state index in [0.29, 0.717) is 0 Å². The van der Waals surface area contributed by atoms with Crippen molar-refractivity contribution >= 4 is 35.2 Å². The quantitative estimate of drug-likeness (QED) is 0.696. The average molecular weight is 429 g/mol. The Morgan fingerprint density at radius 2 is 2.00 bits per heavy atom. The molecule has 1 aromatic rings. The summed E-state index contributed by atoms with van der Waals surface area (Å²) in [6.07, 6.45) is 3.09. The lowest BCUT2D eigenvalue weighted by molar-refractivity contribution is -0.150. The predicted octanol–water partition coefficient (Wildman–Crippen LogP) is 2.29. The molecule has 5 rings (SSSR count). The lowest BCUT2D eigenvalue weighted by Crippen LogP contribution is -2.84. The van der Waals surface area contributed by atoms with Crippen LogP contribution in [-0.4, -0.2) is 53.7 Å². The molecule has 4 fully saturated rings. The van der Waals surface area contributed by atoms with Crippen LogP contribution in [-0.2, 0) is 14.3 Å². The fourth-order valence-electron chi connectivity index (χ4n) is 4.39. The SMILES string of the molecule is COC1CSC(C(=O)NC23CC(NC(=O)COc4ccc(Cl)c(F)c4)(C2)C3)C1. The van der Waals surface area contributed by atoms with E-state index in [9.17, 15) is 14.0 Å². The van der Waals surface area contributed by atoms with E-state index >= 15 is 0 Å². The molecule has 1 heterocycles. The van der Waals surface area contributed by atoms with Gasteiger partial charge in [0, 0.05) is 30.0 Å². The Balaban J connectivity index is 1.19. The van der Waals surface area contributed by atoms with Gasteiger partial charge in [0.1, 0.15) is 11.6 Å². The zero-order valence-electron chi connectivity index (χ0n) is 15.4. The van der Waals surface area contributed by atoms with Crippen LogP contribution in [0.1, 0.15) is 25.7 Å². The number of ether oxygens (including phenoxy) is 2. The summed E-state index contributed by atoms with van der Waals surface area (Å²) in [6, 6.07) is 4.05. The highest BCUT2D eigenvalue weighted by atomic mass is 35.5. The summed E-state index contributed by atoms with van der Waals surface area (Å²) in [7, 11) is 1.67. The molecule has 6 nitrogen and oxygen atoms in total. The van der Waals surface area contributed by atoms with Crippen LogP contribution < -0.4 is 15.4 Å². The van der Waals surface area contributed by atoms with E-state index in [1.54, 1.807) is 18.9 Å². The van der Waals surface area contributed by atoms with Crippen molar-refractivity contribution in [3.05, 3.63) is 29.0 Å². The normalized spacial score (nSPS) is 32.8. The Hall–Kier alpha value is -1.51. The van der Waals surface area contributed by atoms with Gasteiger partial charge in [-0.2, -0.15) is 0 Å². The Morgan fingerprint density at radius 1 is 1.29 bits per heavy atom. The maximum Gasteiger partial charge on any atom is 0.258 e. The Bertz CT molecular complexity index is 788. The summed E-state index contributed by atoms with van der Waals surface area (Å²) >= 11 is 7.25. The minimum Gasteiger partial charge on any atom is -0.484 e. The second-order valence-electron chi connectivity index (χ2n) is 7.91. The molecule has 1 aliphatic heterocycles. The summed E-state index contributed by atoms with van der Waals surface area (Å²) in [5, 5.41) is 6.09. The van der Waals surface area contributed by atoms with Gasteiger partial charge in [0.15, 0.2) is 6.61 Å². The molecular weight excluding hydrogens is 407 g/mol. The van der Waals surface area contributed by atoms with Crippen LogP contribution in [0.4, 0.5) is 4.39 Å². The summed E-state index contributed by atoms with van der Waals surface area (Å²) in [6.45, 7) is -0.195. The van der Waals surface area contributed by atoms with E-state index in [0.717, 1.165) is 37.5 Å². The first kappa shape index (κ1) is 19.8. The average Bonchev–Trinajstić information content (AvgIpc) is 3.09. The number of thioether (sulfide) groups is 1. The second kappa shape index (κ2) is 7.39. The van der Waals surface area contributed by atoms with E-state index in [1.165, 1.54) is 12.1 Å². The number of hydrogen-bond donors (Lipinski definition) is 2. The van der Waals surface area contributed by atoms with Gasteiger partial charge in [-0.25, -0.2) is 4.39 Å². The highest BCUT2D eigenvalue weighted by Gasteiger charge is 2.69. The van der Waals surface area contributed by atoms with Crippen molar-refractivity contribution in [2.45, 2.75) is 48.1 Å². The number of amides is 2. The lowest BCUT2D eigenvalue weighted by Gasteiger charge is -2.70. The molecule has 1 saturated heterocycles. The Kier molecular flexibility index (Phi) is 5.22. The van der Waals surface area contributed by atoms with E-state index in [1.807, 2.05) is 0 Å². The van der Waals surface area contributed by atoms with Crippen molar-refractivity contribution in [2.75, 3.05) is 19.5 Å². The van der Waals surface area contributed by atoms with Crippen molar-refractivity contribution < 1.29 is 23.5 Å². The van der Waals surface area contributed by atoms with Crippen LogP contribution in [0, 0.1) is 5.82 Å². The second-order valence-corrected chi connectivity index (χ2v) is 9.55. The molecule has 0 radical (unpaired) electrons. The molecule has 2 bridgehead atoms. The van der Waals surface area contributed by atoms with E-state index < -0.39 is 5.82 Å². The molecule has 4 aliphatic rings. The molecule has 2 N–H and O–H groups in total. The third-order valence-corrected chi connectivity index (χ3v) is 7.35. The molecule has 0 aromatic heterocycles. The summed E-state index contributed by atoms with van der Waals surface area (Å²) in [5.41, 5.74) is -0.437. The number of benzene rings is 1. The predicted molar refractivity (Wildman–Crippen MR) is 104 cm³/mol. The van der Waals surface area contributed by atoms with Gasteiger partial charge in [0.25, 0.3) is 5.91 Å². The minimum absolute atomic E-state index is 0.00626. The van der Waals surface area contributed by atoms with Gasteiger partial charge in [0.05, 0.1) is 16.4 Å². The summed E-state index contributed by atoms with van der Waals surface area (Å²) in [5.74, 6) is 0.316. The van der Waals surface area contributed by atoms with Crippen molar-refractivity contribution in [3.8, 4) is 5.75 Å². The van der Waals surface area contributed by atoms with Crippen molar-refractivity contribution in [3.63, 3.8) is 0 Å². The van der Waals surface area contributed by atoms with Crippen LogP contribution in [0.25, 0.3) is 0 Å². The lowest BCUT2D eigenvalue weighted by atomic mass is 9.44. The van der Waals surface area contributed by atoms with Crippen LogP contribution in [0.5, 0.6) is 5.75 Å². The Morgan fingerprint density at radius 3 is 2.64 bits per heavy atom. The number of halogens is 2. The number of methoxy groups -OCH3 is 1. The standard InChI is InChI=1S/C19H22ClFN2O4S/c1-26-12-5-15(28-7-12)17(25)23-19-8-18(9-19,10-19)22-16(24)6-27-11-2-3-13(20)14(21)4-11/h2-4,12,15H,5-10H2,1H3,(H,22,24)(H,23,25). The van der Waals surface area contributed by atoms with E-state index in [4.69, 9.17) is 21.1 Å². The fourth-order valence-corrected chi connectivity index (χ4v) is 5.79. The molecule has 2 amide bonds. The van der Waals surface area contributed by atoms with E-state index in [-0.39, 0.29) is 51.6 Å². The molecule has 2 unspecified atom stereocenters. The van der Waals surface area contributed by atoms with Crippen molar-refractivity contribution in [2.24, 2.45) is 0 Å². The van der Waals surface area contributed by atoms with Gasteiger partial charge < -0.3 is 20.1 Å². The maximum atomic E-state index is 13.4. The largest absolute Gasteiger partial charge is 0.484 e. The van der Waals surface area contributed by atoms with Crippen molar-refractivity contribution in [1.82, 2.24) is 10.6 Å². The van der Waals surface area contributed by atoms with Gasteiger partial charge >= 0.3 is 0 Å². The number of carbonyl (C=O) groups is 2. The first-order valence-electron chi connectivity index (χ1n) is 9.17. The van der Waals surface area contributed by atoms with Crippen LogP contribution >= 0.6 is 23.4 Å². The Labute approximate surface area is 171 Å². The third-order valence-electron chi connectivity index (χ3n) is 5.67. The molecule has 1 aromatic carbocycles. The van der Waals surface area contributed by atoms with Crippen molar-refractivity contribution in [1.29, 1.82) is 0 Å². The monoisotopic (exact) mass is 428 g/mol. The zero-order valence-corrected chi connectivity index (χ0v) is 17.0. The number of carbonyl (C=O) groups excluding carboxylic acids is 2. The molecule has 152 valence electrons. The van der Waals surface area contributed by atoms with Gasteiger partial charge in [-0.15, -0.1) is 11.8 Å². The minimum atomic E-state index is -0.589. The smallest absolute Gasteiger partial charge is 0.258 e. The molecule has 2 atom stereocenters. The third kappa shape index (κ3) is 3.82. The number of hydrogen-bond acceptors (Lipinski definition) is 5. The molecule has 3 saturated carbocycles. The molecule has 3 aliphatic carbocycles. The highest BCUT2D eigenvalue weighted by Crippen LogP contribution is 2.60. The summed E-state index contributed by atoms with van der Waals surface area (Å²) in [4.78, 5) is 24.6. The molecule has 0 spiro atoms. The zero-order chi connectivity index (χ0) is 19.9. The number of nitrogens with one attached hydrogen (secondary N) is 2. The highest BCUT2D eigenvalue weighted by molar-refractivity contribution is 8.00. The summed E-state index contributed by atoms with van der Waals surface area (Å²) < 4.78 is 24.0. The van der Waals surface area contributed by atoms with Crippen LogP contribution in [0.2, 0.25) is 5.02 Å². The number of rotatable bonds is 7. The van der Waals surface area contributed by atoms with Crippen LogP contribution in [0.3, 0.4) is 0 Å². The van der Waals surface area contributed by atoms with Gasteiger partial charge in [-0.05, 0) is 37.8 Å². The topological polar surface area (TPSA) is 76.7 Å². The van der Waals surface area contributed by atoms with Crippen LogP contribution in [0.15, 0.2) is 18.2 Å². The van der Waals surface area contributed by atoms with Gasteiger partial charge in [-0.1, -0.05) is 11.6 Å². The van der Waals surface area contributed by atoms with Gasteiger partial charge in [0.2, 0.25) is 5.91 Å². The molecule has 28 heavy (non-hydrogen) atoms. The maximum absolute atomic E-state index is 13.4.